The van der Waals surface area contributed by atoms with Gasteiger partial charge in [-0.05, 0) is 74.6 Å². The molecule has 0 bridgehead atoms. The standard InChI is InChI=1S/C29H37ClN4O4S2/c1-3-24-7-4-5-14-34(24)40(36,37)25-10-8-22(9-11-25)28(35)33(13-6-12-32-15-17-38-18-16-32)29-31-27-21(2)19-23(30)20-26(27)39-29/h8-11,19-20,24H,3-7,12-18H2,1-2H3. The van der Waals surface area contributed by atoms with Gasteiger partial charge < -0.3 is 4.74 Å². The summed E-state index contributed by atoms with van der Waals surface area (Å²) < 4.78 is 34.9. The van der Waals surface area contributed by atoms with Gasteiger partial charge in [0.2, 0.25) is 10.0 Å². The van der Waals surface area contributed by atoms with E-state index in [4.69, 9.17) is 21.3 Å². The average Bonchev–Trinajstić information content (AvgIpc) is 3.39. The van der Waals surface area contributed by atoms with Gasteiger partial charge >= 0.3 is 0 Å². The zero-order valence-electron chi connectivity index (χ0n) is 23.1. The molecule has 3 aromatic rings. The first-order valence-electron chi connectivity index (χ1n) is 14.1. The van der Waals surface area contributed by atoms with E-state index in [0.29, 0.717) is 28.8 Å². The number of rotatable bonds is 9. The van der Waals surface area contributed by atoms with Gasteiger partial charge in [0.1, 0.15) is 0 Å². The summed E-state index contributed by atoms with van der Waals surface area (Å²) in [4.78, 5) is 23.0. The highest BCUT2D eigenvalue weighted by Crippen LogP contribution is 2.34. The lowest BCUT2D eigenvalue weighted by Crippen LogP contribution is -2.43. The number of carbonyl (C=O) groups is 1. The Hall–Kier alpha value is -2.08. The molecule has 2 fully saturated rings. The summed E-state index contributed by atoms with van der Waals surface area (Å²) in [5.41, 5.74) is 2.23. The first kappa shape index (κ1) is 29.4. The monoisotopic (exact) mass is 604 g/mol. The molecule has 216 valence electrons. The summed E-state index contributed by atoms with van der Waals surface area (Å²) in [6, 6.07) is 10.2. The van der Waals surface area contributed by atoms with Crippen molar-refractivity contribution in [1.82, 2.24) is 14.2 Å². The number of fused-ring (bicyclic) bond motifs is 1. The summed E-state index contributed by atoms with van der Waals surface area (Å²) in [5.74, 6) is -0.196. The van der Waals surface area contributed by atoms with Crippen LogP contribution in [0.15, 0.2) is 41.3 Å². The van der Waals surface area contributed by atoms with Crippen LogP contribution in [0.2, 0.25) is 5.02 Å². The number of anilines is 1. The molecule has 1 atom stereocenters. The second-order valence-corrected chi connectivity index (χ2v) is 13.9. The third-order valence-electron chi connectivity index (χ3n) is 7.83. The molecule has 2 aromatic carbocycles. The molecule has 0 N–H and O–H groups in total. The third kappa shape index (κ3) is 6.37. The Kier molecular flexibility index (Phi) is 9.44. The summed E-state index contributed by atoms with van der Waals surface area (Å²) >= 11 is 7.74. The molecule has 8 nitrogen and oxygen atoms in total. The molecule has 2 saturated heterocycles. The fourth-order valence-corrected chi connectivity index (χ4v) is 8.79. The van der Waals surface area contributed by atoms with Crippen LogP contribution in [0.4, 0.5) is 5.13 Å². The largest absolute Gasteiger partial charge is 0.379 e. The molecule has 40 heavy (non-hydrogen) atoms. The molecular formula is C29H37ClN4O4S2. The van der Waals surface area contributed by atoms with Crippen molar-refractivity contribution in [3.63, 3.8) is 0 Å². The van der Waals surface area contributed by atoms with Crippen LogP contribution in [0.5, 0.6) is 0 Å². The molecule has 2 aliphatic heterocycles. The molecule has 1 unspecified atom stereocenters. The molecule has 1 aromatic heterocycles. The van der Waals surface area contributed by atoms with Gasteiger partial charge in [-0.1, -0.05) is 36.3 Å². The van der Waals surface area contributed by atoms with Crippen LogP contribution in [0.1, 0.15) is 54.9 Å². The van der Waals surface area contributed by atoms with Crippen molar-refractivity contribution in [2.75, 3.05) is 50.8 Å². The number of carbonyl (C=O) groups excluding carboxylic acids is 1. The Bertz CT molecular complexity index is 1440. The lowest BCUT2D eigenvalue weighted by molar-refractivity contribution is 0.0376. The predicted octanol–water partition coefficient (Wildman–Crippen LogP) is 5.58. The van der Waals surface area contributed by atoms with E-state index in [1.165, 1.54) is 11.3 Å². The molecule has 0 saturated carbocycles. The van der Waals surface area contributed by atoms with Crippen molar-refractivity contribution in [2.24, 2.45) is 0 Å². The molecule has 0 spiro atoms. The Labute approximate surface area is 245 Å². The minimum Gasteiger partial charge on any atom is -0.379 e. The number of hydrogen-bond acceptors (Lipinski definition) is 7. The van der Waals surface area contributed by atoms with Gasteiger partial charge in [-0.25, -0.2) is 13.4 Å². The van der Waals surface area contributed by atoms with E-state index in [-0.39, 0.29) is 16.8 Å². The SMILES string of the molecule is CCC1CCCCN1S(=O)(=O)c1ccc(C(=O)N(CCCN2CCOCC2)c2nc3c(C)cc(Cl)cc3s2)cc1. The fraction of sp³-hybridized carbons (Fsp3) is 0.517. The van der Waals surface area contributed by atoms with Gasteiger partial charge in [0, 0.05) is 49.4 Å². The number of benzene rings is 2. The number of piperidine rings is 1. The summed E-state index contributed by atoms with van der Waals surface area (Å²) in [6.45, 7) is 9.12. The van der Waals surface area contributed by atoms with Crippen molar-refractivity contribution in [1.29, 1.82) is 0 Å². The predicted molar refractivity (Wildman–Crippen MR) is 161 cm³/mol. The van der Waals surface area contributed by atoms with Crippen molar-refractivity contribution in [3.8, 4) is 0 Å². The summed E-state index contributed by atoms with van der Waals surface area (Å²) in [7, 11) is -3.62. The molecule has 3 heterocycles. The van der Waals surface area contributed by atoms with Crippen LogP contribution in [0.3, 0.4) is 0 Å². The number of thiazole rings is 1. The van der Waals surface area contributed by atoms with E-state index in [9.17, 15) is 13.2 Å². The quantitative estimate of drug-likeness (QED) is 0.317. The van der Waals surface area contributed by atoms with Crippen LogP contribution in [-0.4, -0.2) is 80.5 Å². The van der Waals surface area contributed by atoms with E-state index in [1.54, 1.807) is 33.5 Å². The maximum atomic E-state index is 13.9. The summed E-state index contributed by atoms with van der Waals surface area (Å²) in [5, 5.41) is 1.25. The van der Waals surface area contributed by atoms with Gasteiger partial charge in [-0.2, -0.15) is 4.31 Å². The Morgan fingerprint density at radius 3 is 2.62 bits per heavy atom. The van der Waals surface area contributed by atoms with Gasteiger partial charge in [0.25, 0.3) is 5.91 Å². The minimum atomic E-state index is -3.62. The average molecular weight is 605 g/mol. The minimum absolute atomic E-state index is 0.0259. The van der Waals surface area contributed by atoms with E-state index in [1.807, 2.05) is 26.0 Å². The van der Waals surface area contributed by atoms with Crippen LogP contribution in [-0.2, 0) is 14.8 Å². The molecule has 1 amide bonds. The lowest BCUT2D eigenvalue weighted by atomic mass is 10.0. The van der Waals surface area contributed by atoms with Gasteiger partial charge in [-0.3, -0.25) is 14.6 Å². The Morgan fingerprint density at radius 1 is 1.15 bits per heavy atom. The Morgan fingerprint density at radius 2 is 1.90 bits per heavy atom. The first-order chi connectivity index (χ1) is 19.3. The van der Waals surface area contributed by atoms with E-state index < -0.39 is 10.0 Å². The van der Waals surface area contributed by atoms with Crippen molar-refractivity contribution in [3.05, 3.63) is 52.5 Å². The third-order valence-corrected chi connectivity index (χ3v) is 11.0. The van der Waals surface area contributed by atoms with Gasteiger partial charge in [-0.15, -0.1) is 0 Å². The van der Waals surface area contributed by atoms with Crippen LogP contribution in [0, 0.1) is 6.92 Å². The highest BCUT2D eigenvalue weighted by Gasteiger charge is 2.32. The second kappa shape index (κ2) is 12.8. The van der Waals surface area contributed by atoms with E-state index >= 15 is 0 Å². The fourth-order valence-electron chi connectivity index (χ4n) is 5.58. The second-order valence-electron chi connectivity index (χ2n) is 10.5. The van der Waals surface area contributed by atoms with Crippen LogP contribution >= 0.6 is 22.9 Å². The molecule has 11 heteroatoms. The van der Waals surface area contributed by atoms with Gasteiger partial charge in [0.05, 0.1) is 28.3 Å². The number of halogens is 1. The number of nitrogens with zero attached hydrogens (tertiary/aromatic N) is 4. The first-order valence-corrected chi connectivity index (χ1v) is 16.7. The van der Waals surface area contributed by atoms with Crippen molar-refractivity contribution in [2.45, 2.75) is 56.9 Å². The van der Waals surface area contributed by atoms with Crippen LogP contribution < -0.4 is 4.90 Å². The number of hydrogen-bond donors (Lipinski definition) is 0. The van der Waals surface area contributed by atoms with E-state index in [0.717, 1.165) is 80.7 Å². The zero-order chi connectivity index (χ0) is 28.3. The summed E-state index contributed by atoms with van der Waals surface area (Å²) in [6.07, 6.45) is 4.39. The number of ether oxygens (including phenoxy) is 1. The molecule has 0 aliphatic carbocycles. The molecule has 0 radical (unpaired) electrons. The maximum absolute atomic E-state index is 13.9. The topological polar surface area (TPSA) is 83.1 Å². The molecule has 2 aliphatic rings. The number of sulfonamides is 1. The highest BCUT2D eigenvalue weighted by molar-refractivity contribution is 7.89. The van der Waals surface area contributed by atoms with Crippen molar-refractivity contribution < 1.29 is 17.9 Å². The highest BCUT2D eigenvalue weighted by atomic mass is 35.5. The Balaban J connectivity index is 1.39. The van der Waals surface area contributed by atoms with Gasteiger partial charge in [0.15, 0.2) is 5.13 Å². The maximum Gasteiger partial charge on any atom is 0.260 e. The number of aromatic nitrogens is 1. The smallest absolute Gasteiger partial charge is 0.260 e. The number of aryl methyl sites for hydroxylation is 1. The molecule has 5 rings (SSSR count). The van der Waals surface area contributed by atoms with E-state index in [2.05, 4.69) is 4.90 Å². The zero-order valence-corrected chi connectivity index (χ0v) is 25.5. The number of morpholine rings is 1. The lowest BCUT2D eigenvalue weighted by Gasteiger charge is -2.34. The normalized spacial score (nSPS) is 19.2. The molecular weight excluding hydrogens is 568 g/mol. The number of amides is 1. The van der Waals surface area contributed by atoms with Crippen molar-refractivity contribution >= 4 is 54.2 Å². The van der Waals surface area contributed by atoms with Crippen LogP contribution in [0.25, 0.3) is 10.2 Å².